The number of carbonyl (C=O) groups excluding carboxylic acids is 1. The van der Waals surface area contributed by atoms with E-state index in [1.165, 1.54) is 6.08 Å². The van der Waals surface area contributed by atoms with Crippen LogP contribution in [0.5, 0.6) is 0 Å². The van der Waals surface area contributed by atoms with E-state index in [4.69, 9.17) is 16.0 Å². The van der Waals surface area contributed by atoms with Crippen molar-refractivity contribution in [1.82, 2.24) is 5.32 Å². The molecule has 1 aromatic carbocycles. The van der Waals surface area contributed by atoms with Crippen molar-refractivity contribution in [1.29, 1.82) is 0 Å². The maximum absolute atomic E-state index is 11.6. The van der Waals surface area contributed by atoms with Crippen LogP contribution in [0.4, 0.5) is 0 Å². The van der Waals surface area contributed by atoms with Crippen LogP contribution < -0.4 is 5.32 Å². The van der Waals surface area contributed by atoms with Crippen molar-refractivity contribution in [2.75, 3.05) is 6.54 Å². The molecule has 0 saturated carbocycles. The van der Waals surface area contributed by atoms with Crippen molar-refractivity contribution in [3.05, 3.63) is 65.1 Å². The number of hydrogen-bond acceptors (Lipinski definition) is 3. The number of carbonyl (C=O) groups is 1. The van der Waals surface area contributed by atoms with E-state index in [-0.39, 0.29) is 5.91 Å². The molecule has 1 aromatic heterocycles. The van der Waals surface area contributed by atoms with E-state index in [1.54, 1.807) is 48.7 Å². The van der Waals surface area contributed by atoms with Gasteiger partial charge >= 0.3 is 0 Å². The number of halogens is 1. The predicted molar refractivity (Wildman–Crippen MR) is 81.8 cm³/mol. The number of amides is 1. The average molecular weight is 306 g/mol. The monoisotopic (exact) mass is 305 g/mol. The Hall–Kier alpha value is -2.04. The van der Waals surface area contributed by atoms with Gasteiger partial charge in [0.2, 0.25) is 5.91 Å². The smallest absolute Gasteiger partial charge is 0.244 e. The molecule has 0 fully saturated rings. The van der Waals surface area contributed by atoms with Gasteiger partial charge in [0.1, 0.15) is 5.76 Å². The lowest BCUT2D eigenvalue weighted by Gasteiger charge is -2.11. The topological polar surface area (TPSA) is 62.5 Å². The van der Waals surface area contributed by atoms with E-state index < -0.39 is 6.10 Å². The van der Waals surface area contributed by atoms with Gasteiger partial charge in [0, 0.05) is 17.6 Å². The first-order valence-electron chi connectivity index (χ1n) is 6.58. The van der Waals surface area contributed by atoms with Crippen LogP contribution in [0.1, 0.15) is 23.8 Å². The second-order valence-electron chi connectivity index (χ2n) is 4.50. The molecular formula is C16H16ClNO3. The summed E-state index contributed by atoms with van der Waals surface area (Å²) in [5.74, 6) is 0.383. The molecule has 0 aliphatic heterocycles. The number of hydrogen-bond donors (Lipinski definition) is 2. The zero-order valence-corrected chi connectivity index (χ0v) is 12.1. The molecule has 0 saturated heterocycles. The van der Waals surface area contributed by atoms with Crippen LogP contribution in [-0.2, 0) is 4.79 Å². The molecule has 2 aromatic rings. The summed E-state index contributed by atoms with van der Waals surface area (Å²) in [5, 5.41) is 13.3. The molecule has 110 valence electrons. The Morgan fingerprint density at radius 1 is 1.38 bits per heavy atom. The molecule has 0 spiro atoms. The van der Waals surface area contributed by atoms with E-state index in [2.05, 4.69) is 5.32 Å². The van der Waals surface area contributed by atoms with Gasteiger partial charge in [-0.05, 0) is 42.3 Å². The van der Waals surface area contributed by atoms with E-state index in [0.29, 0.717) is 23.7 Å². The maximum atomic E-state index is 11.6. The third kappa shape index (κ3) is 5.10. The summed E-state index contributed by atoms with van der Waals surface area (Å²) in [7, 11) is 0. The molecule has 1 heterocycles. The average Bonchev–Trinajstić information content (AvgIpc) is 2.98. The Kier molecular flexibility index (Phi) is 5.60. The number of nitrogens with one attached hydrogen (secondary N) is 1. The predicted octanol–water partition coefficient (Wildman–Crippen LogP) is 3.19. The largest absolute Gasteiger partial charge is 0.465 e. The highest BCUT2D eigenvalue weighted by molar-refractivity contribution is 6.30. The first-order chi connectivity index (χ1) is 10.1. The van der Waals surface area contributed by atoms with Crippen LogP contribution >= 0.6 is 11.6 Å². The van der Waals surface area contributed by atoms with Gasteiger partial charge in [0.15, 0.2) is 0 Å². The van der Waals surface area contributed by atoms with Crippen molar-refractivity contribution in [3.63, 3.8) is 0 Å². The summed E-state index contributed by atoms with van der Waals surface area (Å²) < 4.78 is 5.08. The quantitative estimate of drug-likeness (QED) is 0.806. The highest BCUT2D eigenvalue weighted by Crippen LogP contribution is 2.19. The Bertz CT molecular complexity index is 608. The molecule has 0 bridgehead atoms. The lowest BCUT2D eigenvalue weighted by molar-refractivity contribution is -0.116. The molecule has 2 N–H and O–H groups in total. The fourth-order valence-corrected chi connectivity index (χ4v) is 2.01. The van der Waals surface area contributed by atoms with Gasteiger partial charge in [-0.15, -0.1) is 0 Å². The second kappa shape index (κ2) is 7.67. The second-order valence-corrected chi connectivity index (χ2v) is 4.94. The molecule has 0 radical (unpaired) electrons. The Balaban J connectivity index is 1.75. The molecule has 1 atom stereocenters. The Morgan fingerprint density at radius 3 is 2.95 bits per heavy atom. The molecule has 4 nitrogen and oxygen atoms in total. The maximum Gasteiger partial charge on any atom is 0.244 e. The fourth-order valence-electron chi connectivity index (χ4n) is 1.82. The molecule has 5 heteroatoms. The van der Waals surface area contributed by atoms with E-state index in [1.807, 2.05) is 0 Å². The van der Waals surface area contributed by atoms with Crippen LogP contribution in [0, 0.1) is 0 Å². The van der Waals surface area contributed by atoms with Crippen molar-refractivity contribution < 1.29 is 14.3 Å². The van der Waals surface area contributed by atoms with Crippen molar-refractivity contribution in [2.24, 2.45) is 0 Å². The van der Waals surface area contributed by atoms with Gasteiger partial charge in [-0.2, -0.15) is 0 Å². The van der Waals surface area contributed by atoms with Crippen LogP contribution in [0.3, 0.4) is 0 Å². The Labute approximate surface area is 128 Å². The molecule has 1 unspecified atom stereocenters. The standard InChI is InChI=1S/C16H16ClNO3/c17-13-4-1-3-12(11-13)15(19)8-9-18-16(20)7-6-14-5-2-10-21-14/h1-7,10-11,15,19H,8-9H2,(H,18,20). The van der Waals surface area contributed by atoms with Gasteiger partial charge in [0.25, 0.3) is 0 Å². The van der Waals surface area contributed by atoms with Gasteiger partial charge < -0.3 is 14.8 Å². The number of furan rings is 1. The number of aliphatic hydroxyl groups excluding tert-OH is 1. The van der Waals surface area contributed by atoms with E-state index in [0.717, 1.165) is 5.56 Å². The minimum absolute atomic E-state index is 0.232. The van der Waals surface area contributed by atoms with Crippen LogP contribution in [0.25, 0.3) is 6.08 Å². The summed E-state index contributed by atoms with van der Waals surface area (Å²) in [6, 6.07) is 10.6. The zero-order valence-electron chi connectivity index (χ0n) is 11.3. The minimum Gasteiger partial charge on any atom is -0.465 e. The lowest BCUT2D eigenvalue weighted by atomic mass is 10.1. The Morgan fingerprint density at radius 2 is 2.24 bits per heavy atom. The summed E-state index contributed by atoms with van der Waals surface area (Å²) in [5.41, 5.74) is 0.739. The summed E-state index contributed by atoms with van der Waals surface area (Å²) in [4.78, 5) is 11.6. The summed E-state index contributed by atoms with van der Waals surface area (Å²) >= 11 is 5.86. The first kappa shape index (κ1) is 15.4. The molecule has 0 aliphatic carbocycles. The highest BCUT2D eigenvalue weighted by atomic mass is 35.5. The van der Waals surface area contributed by atoms with Crippen LogP contribution in [0.15, 0.2) is 53.2 Å². The van der Waals surface area contributed by atoms with Gasteiger partial charge in [-0.25, -0.2) is 0 Å². The molecular weight excluding hydrogens is 290 g/mol. The van der Waals surface area contributed by atoms with Gasteiger partial charge in [0.05, 0.1) is 12.4 Å². The van der Waals surface area contributed by atoms with Crippen LogP contribution in [0.2, 0.25) is 5.02 Å². The number of benzene rings is 1. The summed E-state index contributed by atoms with van der Waals surface area (Å²) in [6.07, 6.45) is 4.28. The van der Waals surface area contributed by atoms with E-state index >= 15 is 0 Å². The van der Waals surface area contributed by atoms with Crippen molar-refractivity contribution >= 4 is 23.6 Å². The molecule has 0 aliphatic rings. The molecule has 1 amide bonds. The first-order valence-corrected chi connectivity index (χ1v) is 6.96. The highest BCUT2D eigenvalue weighted by Gasteiger charge is 2.08. The lowest BCUT2D eigenvalue weighted by Crippen LogP contribution is -2.23. The third-order valence-electron chi connectivity index (χ3n) is 2.89. The molecule has 21 heavy (non-hydrogen) atoms. The SMILES string of the molecule is O=C(C=Cc1ccco1)NCCC(O)c1cccc(Cl)c1. The van der Waals surface area contributed by atoms with Gasteiger partial charge in [-0.3, -0.25) is 4.79 Å². The fraction of sp³-hybridized carbons (Fsp3) is 0.188. The molecule has 2 rings (SSSR count). The van der Waals surface area contributed by atoms with Crippen LogP contribution in [-0.4, -0.2) is 17.6 Å². The van der Waals surface area contributed by atoms with Crippen molar-refractivity contribution in [3.8, 4) is 0 Å². The number of rotatable bonds is 6. The third-order valence-corrected chi connectivity index (χ3v) is 3.13. The summed E-state index contributed by atoms with van der Waals surface area (Å²) in [6.45, 7) is 0.370. The normalized spacial score (nSPS) is 12.5. The zero-order chi connectivity index (χ0) is 15.1. The van der Waals surface area contributed by atoms with E-state index in [9.17, 15) is 9.90 Å². The van der Waals surface area contributed by atoms with Gasteiger partial charge in [-0.1, -0.05) is 23.7 Å². The minimum atomic E-state index is -0.655. The van der Waals surface area contributed by atoms with Crippen molar-refractivity contribution in [2.45, 2.75) is 12.5 Å². The number of aliphatic hydroxyl groups is 1.